The van der Waals surface area contributed by atoms with E-state index in [9.17, 15) is 4.39 Å². The first kappa shape index (κ1) is 19.6. The number of hydrogen-bond donors (Lipinski definition) is 2. The maximum atomic E-state index is 14.1. The first-order valence-electron chi connectivity index (χ1n) is 10.2. The van der Waals surface area contributed by atoms with Crippen LogP contribution >= 0.6 is 0 Å². The molecule has 1 aliphatic carbocycles. The molecule has 8 nitrogen and oxygen atoms in total. The fraction of sp³-hybridized carbons (Fsp3) is 0.364. The zero-order chi connectivity index (χ0) is 21.9. The lowest BCUT2D eigenvalue weighted by molar-refractivity contribution is 0.332. The molecule has 1 aromatic carbocycles. The molecule has 160 valence electrons. The maximum Gasteiger partial charge on any atom is 0.223 e. The molecule has 0 atom stereocenters. The molecule has 0 aliphatic heterocycles. The number of nitrogens with two attached hydrogens (primary N) is 2. The van der Waals surface area contributed by atoms with Gasteiger partial charge >= 0.3 is 0 Å². The monoisotopic (exact) mass is 421 g/mol. The summed E-state index contributed by atoms with van der Waals surface area (Å²) in [5.41, 5.74) is 14.8. The number of ether oxygens (including phenoxy) is 1. The Hall–Kier alpha value is -3.33. The van der Waals surface area contributed by atoms with E-state index < -0.39 is 11.4 Å². The Morgan fingerprint density at radius 2 is 1.94 bits per heavy atom. The molecule has 1 saturated carbocycles. The lowest BCUT2D eigenvalue weighted by atomic mass is 9.72. The highest BCUT2D eigenvalue weighted by atomic mass is 19.1. The summed E-state index contributed by atoms with van der Waals surface area (Å²) in [6.07, 6.45) is 3.63. The molecular weight excluding hydrogens is 397 g/mol. The average Bonchev–Trinajstić information content (AvgIpc) is 3.12. The Bertz CT molecular complexity index is 1290. The third-order valence-electron chi connectivity index (χ3n) is 6.02. The topological polar surface area (TPSA) is 117 Å². The Morgan fingerprint density at radius 1 is 1.16 bits per heavy atom. The lowest BCUT2D eigenvalue weighted by Gasteiger charge is -2.33. The van der Waals surface area contributed by atoms with Gasteiger partial charge in [0.25, 0.3) is 0 Å². The second kappa shape index (κ2) is 6.84. The number of methoxy groups -OCH3 is 1. The van der Waals surface area contributed by atoms with Crippen LogP contribution in [0.25, 0.3) is 16.6 Å². The number of hydrogen-bond acceptors (Lipinski definition) is 7. The summed E-state index contributed by atoms with van der Waals surface area (Å²) in [6.45, 7) is 3.92. The van der Waals surface area contributed by atoms with Crippen molar-refractivity contribution < 1.29 is 9.13 Å². The van der Waals surface area contributed by atoms with Crippen molar-refractivity contribution in [3.8, 4) is 5.75 Å². The predicted molar refractivity (Wildman–Crippen MR) is 115 cm³/mol. The van der Waals surface area contributed by atoms with Crippen LogP contribution in [0, 0.1) is 5.82 Å². The smallest absolute Gasteiger partial charge is 0.223 e. The number of fused-ring (bicyclic) bond motifs is 3. The molecule has 0 saturated heterocycles. The van der Waals surface area contributed by atoms with Crippen molar-refractivity contribution in [1.29, 1.82) is 0 Å². The molecule has 3 aromatic heterocycles. The van der Waals surface area contributed by atoms with Crippen molar-refractivity contribution in [2.75, 3.05) is 12.8 Å². The van der Waals surface area contributed by atoms with E-state index in [0.717, 1.165) is 24.1 Å². The van der Waals surface area contributed by atoms with Crippen LogP contribution in [0.1, 0.15) is 55.6 Å². The molecule has 1 aliphatic rings. The largest absolute Gasteiger partial charge is 0.494 e. The number of pyridine rings is 1. The highest BCUT2D eigenvalue weighted by molar-refractivity contribution is 5.95. The molecule has 0 amide bonds. The van der Waals surface area contributed by atoms with E-state index in [1.807, 2.05) is 32.2 Å². The second-order valence-electron chi connectivity index (χ2n) is 8.74. The molecule has 0 spiro atoms. The molecule has 0 radical (unpaired) electrons. The molecule has 4 N–H and O–H groups in total. The number of nitrogen functional groups attached to an aromatic ring is 1. The standard InChI is InChI=1S/C22H24FN7O/c1-22(2,25)13-4-5-16(26-10-13)11-6-12(7-11)19-28-20-15-8-14(23)9-17(31-3)18(15)27-21(24)30(20)29-19/h4-5,8-12H,6-7,25H2,1-3H3,(H2,24,27). The van der Waals surface area contributed by atoms with Gasteiger partial charge in [-0.05, 0) is 44.4 Å². The molecule has 1 fully saturated rings. The summed E-state index contributed by atoms with van der Waals surface area (Å²) in [6, 6.07) is 6.75. The number of nitrogens with zero attached hydrogens (tertiary/aromatic N) is 5. The lowest BCUT2D eigenvalue weighted by Crippen LogP contribution is -2.29. The van der Waals surface area contributed by atoms with Crippen LogP contribution in [-0.2, 0) is 5.54 Å². The van der Waals surface area contributed by atoms with Gasteiger partial charge in [-0.3, -0.25) is 4.98 Å². The first-order valence-corrected chi connectivity index (χ1v) is 10.2. The summed E-state index contributed by atoms with van der Waals surface area (Å²) < 4.78 is 20.8. The number of aromatic nitrogens is 5. The summed E-state index contributed by atoms with van der Waals surface area (Å²) in [5, 5.41) is 5.08. The van der Waals surface area contributed by atoms with Crippen molar-refractivity contribution in [1.82, 2.24) is 24.6 Å². The van der Waals surface area contributed by atoms with Crippen LogP contribution in [0.3, 0.4) is 0 Å². The van der Waals surface area contributed by atoms with Gasteiger partial charge in [-0.15, -0.1) is 5.10 Å². The van der Waals surface area contributed by atoms with Crippen LogP contribution in [0.5, 0.6) is 5.75 Å². The van der Waals surface area contributed by atoms with Crippen molar-refractivity contribution in [2.45, 2.75) is 44.1 Å². The predicted octanol–water partition coefficient (Wildman–Crippen LogP) is 3.26. The number of anilines is 1. The van der Waals surface area contributed by atoms with E-state index in [4.69, 9.17) is 16.2 Å². The minimum atomic E-state index is -0.429. The molecular formula is C22H24FN7O. The zero-order valence-corrected chi connectivity index (χ0v) is 17.6. The van der Waals surface area contributed by atoms with Crippen molar-refractivity contribution in [3.05, 3.63) is 53.4 Å². The molecule has 3 heterocycles. The minimum Gasteiger partial charge on any atom is -0.494 e. The summed E-state index contributed by atoms with van der Waals surface area (Å²) in [4.78, 5) is 13.6. The molecule has 31 heavy (non-hydrogen) atoms. The van der Waals surface area contributed by atoms with Crippen LogP contribution in [0.15, 0.2) is 30.5 Å². The van der Waals surface area contributed by atoms with E-state index in [-0.39, 0.29) is 11.9 Å². The summed E-state index contributed by atoms with van der Waals surface area (Å²) >= 11 is 0. The number of halogens is 1. The second-order valence-corrected chi connectivity index (χ2v) is 8.74. The van der Waals surface area contributed by atoms with E-state index in [1.165, 1.54) is 23.8 Å². The van der Waals surface area contributed by atoms with Gasteiger partial charge in [-0.1, -0.05) is 6.07 Å². The van der Waals surface area contributed by atoms with Gasteiger partial charge in [0.2, 0.25) is 5.95 Å². The van der Waals surface area contributed by atoms with Gasteiger partial charge in [-0.25, -0.2) is 14.4 Å². The Balaban J connectivity index is 1.44. The zero-order valence-electron chi connectivity index (χ0n) is 17.6. The van der Waals surface area contributed by atoms with Gasteiger partial charge in [0.15, 0.2) is 11.5 Å². The SMILES string of the molecule is COc1cc(F)cc2c1nc(N)n1nc(C3CC(c4ccc(C(C)(C)N)cn4)C3)nc21. The number of rotatable bonds is 4. The third-order valence-corrected chi connectivity index (χ3v) is 6.02. The summed E-state index contributed by atoms with van der Waals surface area (Å²) in [5.74, 6) is 1.27. The van der Waals surface area contributed by atoms with Gasteiger partial charge < -0.3 is 16.2 Å². The van der Waals surface area contributed by atoms with Crippen molar-refractivity contribution >= 4 is 22.5 Å². The van der Waals surface area contributed by atoms with E-state index in [0.29, 0.717) is 34.0 Å². The molecule has 0 bridgehead atoms. The van der Waals surface area contributed by atoms with E-state index in [2.05, 4.69) is 20.1 Å². The van der Waals surface area contributed by atoms with Gasteiger partial charge in [0.05, 0.1) is 12.5 Å². The fourth-order valence-corrected chi connectivity index (χ4v) is 4.11. The van der Waals surface area contributed by atoms with Crippen LogP contribution in [0.2, 0.25) is 0 Å². The minimum absolute atomic E-state index is 0.183. The van der Waals surface area contributed by atoms with E-state index in [1.54, 1.807) is 0 Å². The Kier molecular flexibility index (Phi) is 4.33. The first-order chi connectivity index (χ1) is 14.7. The highest BCUT2D eigenvalue weighted by Gasteiger charge is 2.35. The van der Waals surface area contributed by atoms with Crippen LogP contribution < -0.4 is 16.2 Å². The van der Waals surface area contributed by atoms with Gasteiger partial charge in [0.1, 0.15) is 17.1 Å². The Labute approximate surface area is 178 Å². The fourth-order valence-electron chi connectivity index (χ4n) is 4.11. The number of benzene rings is 1. The third kappa shape index (κ3) is 3.25. The van der Waals surface area contributed by atoms with E-state index >= 15 is 0 Å². The van der Waals surface area contributed by atoms with Crippen LogP contribution in [-0.4, -0.2) is 31.7 Å². The Morgan fingerprint density at radius 3 is 2.58 bits per heavy atom. The van der Waals surface area contributed by atoms with Gasteiger partial charge in [0, 0.05) is 35.3 Å². The van der Waals surface area contributed by atoms with Crippen molar-refractivity contribution in [3.63, 3.8) is 0 Å². The van der Waals surface area contributed by atoms with Crippen molar-refractivity contribution in [2.24, 2.45) is 5.73 Å². The average molecular weight is 421 g/mol. The molecule has 4 aromatic rings. The normalized spacial score (nSPS) is 19.0. The quantitative estimate of drug-likeness (QED) is 0.519. The molecule has 5 rings (SSSR count). The maximum absolute atomic E-state index is 14.1. The van der Waals surface area contributed by atoms with Crippen LogP contribution in [0.4, 0.5) is 10.3 Å². The molecule has 0 unspecified atom stereocenters. The summed E-state index contributed by atoms with van der Waals surface area (Å²) in [7, 11) is 1.47. The highest BCUT2D eigenvalue weighted by Crippen LogP contribution is 2.46. The van der Waals surface area contributed by atoms with Gasteiger partial charge in [-0.2, -0.15) is 4.52 Å². The molecule has 9 heteroatoms.